The Morgan fingerprint density at radius 2 is 1.60 bits per heavy atom. The van der Waals surface area contributed by atoms with Crippen LogP contribution in [0.15, 0.2) is 46.9 Å². The molecule has 0 atom stereocenters. The lowest BCUT2D eigenvalue weighted by Gasteiger charge is -2.12. The predicted molar refractivity (Wildman–Crippen MR) is 73.6 cm³/mol. The second-order valence-corrected chi connectivity index (χ2v) is 4.92. The Balaban J connectivity index is 2.34. The lowest BCUT2D eigenvalue weighted by Crippen LogP contribution is -2.08. The quantitative estimate of drug-likeness (QED) is 0.827. The fourth-order valence-electron chi connectivity index (χ4n) is 1.65. The average molecular weight is 341 g/mol. The number of rotatable bonds is 2. The molecule has 6 heteroatoms. The van der Waals surface area contributed by atoms with E-state index in [4.69, 9.17) is 5.26 Å². The van der Waals surface area contributed by atoms with Crippen LogP contribution in [-0.2, 0) is 6.18 Å². The maximum atomic E-state index is 12.8. The average Bonchev–Trinajstić information content (AvgIpc) is 2.40. The third kappa shape index (κ3) is 3.31. The number of halogens is 4. The normalized spacial score (nSPS) is 10.9. The topological polar surface area (TPSA) is 35.8 Å². The van der Waals surface area contributed by atoms with Crippen molar-refractivity contribution in [3.05, 3.63) is 58.1 Å². The predicted octanol–water partition coefficient (Wildman–Crippen LogP) is 5.08. The summed E-state index contributed by atoms with van der Waals surface area (Å²) < 4.78 is 39.3. The number of nitrogens with one attached hydrogen (secondary N) is 1. The number of nitrogens with zero attached hydrogens (tertiary/aromatic N) is 1. The van der Waals surface area contributed by atoms with Crippen molar-refractivity contribution in [1.82, 2.24) is 0 Å². The Kier molecular flexibility index (Phi) is 4.00. The first-order valence-electron chi connectivity index (χ1n) is 5.54. The molecule has 0 aliphatic carbocycles. The molecule has 0 aromatic heterocycles. The molecular formula is C14H8BrF3N2. The van der Waals surface area contributed by atoms with Crippen molar-refractivity contribution in [3.63, 3.8) is 0 Å². The summed E-state index contributed by atoms with van der Waals surface area (Å²) in [6.45, 7) is 0. The Hall–Kier alpha value is -2.00. The molecule has 0 bridgehead atoms. The molecule has 0 saturated carbocycles. The largest absolute Gasteiger partial charge is 0.417 e. The van der Waals surface area contributed by atoms with Gasteiger partial charge in [0, 0.05) is 15.8 Å². The van der Waals surface area contributed by atoms with E-state index in [9.17, 15) is 13.2 Å². The van der Waals surface area contributed by atoms with Gasteiger partial charge in [-0.15, -0.1) is 0 Å². The highest BCUT2D eigenvalue weighted by molar-refractivity contribution is 9.10. The lowest BCUT2D eigenvalue weighted by molar-refractivity contribution is -0.137. The Morgan fingerprint density at radius 3 is 2.15 bits per heavy atom. The van der Waals surface area contributed by atoms with Crippen LogP contribution >= 0.6 is 15.9 Å². The van der Waals surface area contributed by atoms with E-state index in [-0.39, 0.29) is 11.3 Å². The summed E-state index contributed by atoms with van der Waals surface area (Å²) in [4.78, 5) is 0. The molecule has 0 radical (unpaired) electrons. The highest BCUT2D eigenvalue weighted by atomic mass is 79.9. The third-order valence-electron chi connectivity index (χ3n) is 2.58. The molecule has 2 nitrogen and oxygen atoms in total. The minimum Gasteiger partial charge on any atom is -0.356 e. The van der Waals surface area contributed by atoms with Gasteiger partial charge in [0.05, 0.1) is 17.2 Å². The van der Waals surface area contributed by atoms with Gasteiger partial charge in [-0.25, -0.2) is 0 Å². The highest BCUT2D eigenvalue weighted by Gasteiger charge is 2.33. The minimum absolute atomic E-state index is 0.277. The Labute approximate surface area is 122 Å². The maximum Gasteiger partial charge on any atom is 0.417 e. The van der Waals surface area contributed by atoms with Crippen molar-refractivity contribution in [3.8, 4) is 6.07 Å². The fraction of sp³-hybridized carbons (Fsp3) is 0.0714. The van der Waals surface area contributed by atoms with Crippen molar-refractivity contribution in [1.29, 1.82) is 5.26 Å². The first-order valence-corrected chi connectivity index (χ1v) is 6.33. The summed E-state index contributed by atoms with van der Waals surface area (Å²) >= 11 is 3.27. The molecule has 0 amide bonds. The van der Waals surface area contributed by atoms with E-state index in [0.29, 0.717) is 5.69 Å². The van der Waals surface area contributed by atoms with E-state index in [0.717, 1.165) is 16.6 Å². The van der Waals surface area contributed by atoms with Crippen LogP contribution < -0.4 is 5.32 Å². The third-order valence-corrected chi connectivity index (χ3v) is 3.11. The molecule has 0 saturated heterocycles. The van der Waals surface area contributed by atoms with Crippen molar-refractivity contribution >= 4 is 27.3 Å². The van der Waals surface area contributed by atoms with Gasteiger partial charge >= 0.3 is 6.18 Å². The van der Waals surface area contributed by atoms with Crippen LogP contribution in [0, 0.1) is 11.3 Å². The molecule has 2 rings (SSSR count). The number of nitriles is 1. The number of alkyl halides is 3. The zero-order valence-corrected chi connectivity index (χ0v) is 11.6. The van der Waals surface area contributed by atoms with Crippen molar-refractivity contribution in [2.45, 2.75) is 6.18 Å². The molecule has 20 heavy (non-hydrogen) atoms. The van der Waals surface area contributed by atoms with E-state index >= 15 is 0 Å². The molecule has 2 aromatic carbocycles. The first-order chi connectivity index (χ1) is 9.40. The molecule has 0 spiro atoms. The molecule has 0 heterocycles. The first kappa shape index (κ1) is 14.4. The molecule has 0 aliphatic heterocycles. The summed E-state index contributed by atoms with van der Waals surface area (Å²) in [5.74, 6) is 0. The molecule has 0 aliphatic rings. The van der Waals surface area contributed by atoms with Crippen molar-refractivity contribution in [2.24, 2.45) is 0 Å². The van der Waals surface area contributed by atoms with Crippen LogP contribution in [0.3, 0.4) is 0 Å². The van der Waals surface area contributed by atoms with Gasteiger partial charge in [0.25, 0.3) is 0 Å². The smallest absolute Gasteiger partial charge is 0.356 e. The molecular weight excluding hydrogens is 333 g/mol. The van der Waals surface area contributed by atoms with Gasteiger partial charge in [-0.05, 0) is 42.5 Å². The van der Waals surface area contributed by atoms with Crippen LogP contribution in [0.25, 0.3) is 0 Å². The van der Waals surface area contributed by atoms with Gasteiger partial charge in [-0.3, -0.25) is 0 Å². The van der Waals surface area contributed by atoms with Gasteiger partial charge in [0.15, 0.2) is 0 Å². The number of benzene rings is 2. The van der Waals surface area contributed by atoms with Gasteiger partial charge < -0.3 is 5.32 Å². The zero-order chi connectivity index (χ0) is 14.8. The number of anilines is 2. The fourth-order valence-corrected chi connectivity index (χ4v) is 1.92. The Morgan fingerprint density at radius 1 is 1.00 bits per heavy atom. The lowest BCUT2D eigenvalue weighted by atomic mass is 10.1. The minimum atomic E-state index is -4.55. The summed E-state index contributed by atoms with van der Waals surface area (Å²) in [7, 11) is 0. The molecule has 0 fully saturated rings. The molecule has 2 aromatic rings. The van der Waals surface area contributed by atoms with Crippen LogP contribution in [0.1, 0.15) is 11.1 Å². The summed E-state index contributed by atoms with van der Waals surface area (Å²) in [5.41, 5.74) is -0.398. The monoisotopic (exact) mass is 340 g/mol. The van der Waals surface area contributed by atoms with Crippen LogP contribution in [0.2, 0.25) is 0 Å². The summed E-state index contributed by atoms with van der Waals surface area (Å²) in [6, 6.07) is 12.1. The second-order valence-electron chi connectivity index (χ2n) is 4.00. The standard InChI is InChI=1S/C14H8BrF3N2/c15-10-2-5-11(6-3-10)20-12-4-1-9(8-19)13(7-12)14(16,17)18/h1-7,20H. The zero-order valence-electron chi connectivity index (χ0n) is 10.0. The van der Waals surface area contributed by atoms with Gasteiger partial charge in [-0.2, -0.15) is 18.4 Å². The Bertz CT molecular complexity index is 658. The van der Waals surface area contributed by atoms with Gasteiger partial charge in [-0.1, -0.05) is 15.9 Å². The SMILES string of the molecule is N#Cc1ccc(Nc2ccc(Br)cc2)cc1C(F)(F)F. The van der Waals surface area contributed by atoms with Crippen LogP contribution in [0.5, 0.6) is 0 Å². The van der Waals surface area contributed by atoms with E-state index in [1.807, 2.05) is 0 Å². The maximum absolute atomic E-state index is 12.8. The van der Waals surface area contributed by atoms with Crippen molar-refractivity contribution < 1.29 is 13.2 Å². The summed E-state index contributed by atoms with van der Waals surface area (Å²) in [5, 5.41) is 11.6. The number of hydrogen-bond donors (Lipinski definition) is 1. The second kappa shape index (κ2) is 5.55. The van der Waals surface area contributed by atoms with Gasteiger partial charge in [0.1, 0.15) is 0 Å². The molecule has 102 valence electrons. The van der Waals surface area contributed by atoms with E-state index in [2.05, 4.69) is 21.2 Å². The molecule has 0 unspecified atom stereocenters. The highest BCUT2D eigenvalue weighted by Crippen LogP contribution is 2.34. The number of hydrogen-bond acceptors (Lipinski definition) is 2. The van der Waals surface area contributed by atoms with E-state index in [1.54, 1.807) is 30.3 Å². The van der Waals surface area contributed by atoms with Crippen LogP contribution in [-0.4, -0.2) is 0 Å². The van der Waals surface area contributed by atoms with E-state index in [1.165, 1.54) is 6.07 Å². The van der Waals surface area contributed by atoms with Crippen LogP contribution in [0.4, 0.5) is 24.5 Å². The van der Waals surface area contributed by atoms with E-state index < -0.39 is 11.7 Å². The molecule has 1 N–H and O–H groups in total. The van der Waals surface area contributed by atoms with Gasteiger partial charge in [0.2, 0.25) is 0 Å². The van der Waals surface area contributed by atoms with Crippen molar-refractivity contribution in [2.75, 3.05) is 5.32 Å². The summed E-state index contributed by atoms with van der Waals surface area (Å²) in [6.07, 6.45) is -4.55.